The first kappa shape index (κ1) is 7.65. The summed E-state index contributed by atoms with van der Waals surface area (Å²) in [6.45, 7) is 3.24. The van der Waals surface area contributed by atoms with Gasteiger partial charge >= 0.3 is 0 Å². The largest absolute Gasteiger partial charge is 0.326 e. The molecule has 0 saturated heterocycles. The fourth-order valence-electron chi connectivity index (χ4n) is 0.151. The Bertz CT molecular complexity index is 180. The zero-order valence-electron chi connectivity index (χ0n) is 4.72. The van der Waals surface area contributed by atoms with E-state index in [9.17, 15) is 8.42 Å². The van der Waals surface area contributed by atoms with Crippen LogP contribution in [0.15, 0.2) is 11.5 Å². The first-order valence-corrected chi connectivity index (χ1v) is 3.95. The van der Waals surface area contributed by atoms with E-state index in [0.717, 1.165) is 6.26 Å². The molecule has 0 amide bonds. The highest BCUT2D eigenvalue weighted by molar-refractivity contribution is 7.94. The monoisotopic (exact) mass is 135 g/mol. The highest BCUT2D eigenvalue weighted by atomic mass is 32.2. The summed E-state index contributed by atoms with van der Waals surface area (Å²) in [6, 6.07) is 0. The van der Waals surface area contributed by atoms with Gasteiger partial charge in [0.2, 0.25) is 0 Å². The lowest BCUT2D eigenvalue weighted by Crippen LogP contribution is -2.10. The smallest absolute Gasteiger partial charge is 0.172 e. The summed E-state index contributed by atoms with van der Waals surface area (Å²) in [5, 5.41) is 0. The average Bonchev–Trinajstić information content (AvgIpc) is 1.62. The van der Waals surface area contributed by atoms with Crippen molar-refractivity contribution in [2.75, 3.05) is 12.8 Å². The van der Waals surface area contributed by atoms with Gasteiger partial charge in [-0.05, 0) is 0 Å². The average molecular weight is 135 g/mol. The van der Waals surface area contributed by atoms with E-state index in [1.54, 1.807) is 0 Å². The van der Waals surface area contributed by atoms with Crippen LogP contribution in [0.3, 0.4) is 0 Å². The fourth-order valence-corrected chi connectivity index (χ4v) is 0.454. The van der Waals surface area contributed by atoms with Crippen molar-refractivity contribution < 1.29 is 8.42 Å². The van der Waals surface area contributed by atoms with Crippen LogP contribution in [-0.4, -0.2) is 21.2 Å². The summed E-state index contributed by atoms with van der Waals surface area (Å²) in [7, 11) is -3.07. The summed E-state index contributed by atoms with van der Waals surface area (Å²) in [4.78, 5) is 0.0810. The van der Waals surface area contributed by atoms with Gasteiger partial charge in [-0.3, -0.25) is 0 Å². The summed E-state index contributed by atoms with van der Waals surface area (Å²) >= 11 is 0. The molecular weight excluding hydrogens is 126 g/mol. The first-order valence-electron chi connectivity index (χ1n) is 2.06. The molecule has 2 N–H and O–H groups in total. The van der Waals surface area contributed by atoms with E-state index >= 15 is 0 Å². The van der Waals surface area contributed by atoms with E-state index in [4.69, 9.17) is 5.73 Å². The van der Waals surface area contributed by atoms with Gasteiger partial charge in [0, 0.05) is 12.8 Å². The quantitative estimate of drug-likeness (QED) is 0.555. The van der Waals surface area contributed by atoms with Crippen molar-refractivity contribution in [3.05, 3.63) is 11.5 Å². The molecule has 0 unspecified atom stereocenters. The van der Waals surface area contributed by atoms with Crippen LogP contribution >= 0.6 is 0 Å². The molecule has 0 aromatic heterocycles. The fraction of sp³-hybridized carbons (Fsp3) is 0.500. The molecular formula is C4H9NO2S. The molecule has 0 atom stereocenters. The van der Waals surface area contributed by atoms with Gasteiger partial charge < -0.3 is 5.73 Å². The van der Waals surface area contributed by atoms with E-state index in [1.807, 2.05) is 0 Å². The number of rotatable bonds is 2. The number of hydrogen-bond donors (Lipinski definition) is 1. The minimum absolute atomic E-state index is 0.0127. The third-order valence-corrected chi connectivity index (χ3v) is 1.97. The first-order chi connectivity index (χ1) is 3.48. The molecule has 0 aliphatic carbocycles. The highest BCUT2D eigenvalue weighted by Crippen LogP contribution is 1.95. The Labute approximate surface area is 49.1 Å². The molecule has 8 heavy (non-hydrogen) atoms. The number of sulfone groups is 1. The van der Waals surface area contributed by atoms with E-state index in [1.165, 1.54) is 0 Å². The lowest BCUT2D eigenvalue weighted by atomic mass is 10.7. The van der Waals surface area contributed by atoms with Crippen molar-refractivity contribution in [1.29, 1.82) is 0 Å². The topological polar surface area (TPSA) is 60.2 Å². The van der Waals surface area contributed by atoms with Gasteiger partial charge in [-0.2, -0.15) is 0 Å². The SMILES string of the molecule is C=C(CN)S(C)(=O)=O. The van der Waals surface area contributed by atoms with Gasteiger partial charge in [0.25, 0.3) is 0 Å². The van der Waals surface area contributed by atoms with E-state index < -0.39 is 9.84 Å². The maximum absolute atomic E-state index is 10.4. The molecule has 0 radical (unpaired) electrons. The molecule has 0 aliphatic heterocycles. The predicted molar refractivity (Wildman–Crippen MR) is 33.0 cm³/mol. The summed E-state index contributed by atoms with van der Waals surface area (Å²) < 4.78 is 20.8. The number of nitrogens with two attached hydrogens (primary N) is 1. The van der Waals surface area contributed by atoms with Gasteiger partial charge in [0.05, 0.1) is 4.91 Å². The number of hydrogen-bond acceptors (Lipinski definition) is 3. The second-order valence-electron chi connectivity index (χ2n) is 1.51. The van der Waals surface area contributed by atoms with Crippen LogP contribution in [0, 0.1) is 0 Å². The highest BCUT2D eigenvalue weighted by Gasteiger charge is 2.03. The van der Waals surface area contributed by atoms with Crippen molar-refractivity contribution in [3.8, 4) is 0 Å². The Morgan fingerprint density at radius 3 is 2.12 bits per heavy atom. The molecule has 48 valence electrons. The van der Waals surface area contributed by atoms with Gasteiger partial charge in [-0.25, -0.2) is 8.42 Å². The standard InChI is InChI=1S/C4H9NO2S/c1-4(3-5)8(2,6)7/h1,3,5H2,2H3. The summed E-state index contributed by atoms with van der Waals surface area (Å²) in [5.74, 6) is 0. The van der Waals surface area contributed by atoms with Crippen molar-refractivity contribution in [2.24, 2.45) is 5.73 Å². The molecule has 0 aliphatic rings. The molecule has 4 heteroatoms. The minimum Gasteiger partial charge on any atom is -0.326 e. The Morgan fingerprint density at radius 2 is 2.12 bits per heavy atom. The van der Waals surface area contributed by atoms with Gasteiger partial charge in [-0.1, -0.05) is 6.58 Å². The molecule has 0 heterocycles. The van der Waals surface area contributed by atoms with Crippen molar-refractivity contribution in [1.82, 2.24) is 0 Å². The van der Waals surface area contributed by atoms with Crippen LogP contribution in [0.2, 0.25) is 0 Å². The van der Waals surface area contributed by atoms with Gasteiger partial charge in [0.15, 0.2) is 9.84 Å². The van der Waals surface area contributed by atoms with Gasteiger partial charge in [0.1, 0.15) is 0 Å². The molecule has 0 aromatic carbocycles. The lowest BCUT2D eigenvalue weighted by Gasteiger charge is -1.94. The van der Waals surface area contributed by atoms with Crippen LogP contribution in [0.1, 0.15) is 0 Å². The second kappa shape index (κ2) is 2.28. The van der Waals surface area contributed by atoms with E-state index in [2.05, 4.69) is 6.58 Å². The van der Waals surface area contributed by atoms with E-state index in [0.29, 0.717) is 0 Å². The third-order valence-electron chi connectivity index (χ3n) is 0.752. The molecule has 0 fully saturated rings. The Kier molecular flexibility index (Phi) is 2.18. The van der Waals surface area contributed by atoms with E-state index in [-0.39, 0.29) is 11.4 Å². The maximum Gasteiger partial charge on any atom is 0.172 e. The molecule has 0 bridgehead atoms. The summed E-state index contributed by atoms with van der Waals surface area (Å²) in [5.41, 5.74) is 4.98. The Hall–Kier alpha value is -0.350. The Morgan fingerprint density at radius 1 is 1.75 bits per heavy atom. The molecule has 0 saturated carbocycles. The predicted octanol–water partition coefficient (Wildman–Crippen LogP) is -0.497. The molecule has 0 spiro atoms. The minimum atomic E-state index is -3.07. The zero-order chi connectivity index (χ0) is 6.78. The lowest BCUT2D eigenvalue weighted by molar-refractivity contribution is 0.607. The van der Waals surface area contributed by atoms with Crippen molar-refractivity contribution in [3.63, 3.8) is 0 Å². The van der Waals surface area contributed by atoms with Crippen LogP contribution in [0.5, 0.6) is 0 Å². The van der Waals surface area contributed by atoms with Crippen LogP contribution in [0.4, 0.5) is 0 Å². The molecule has 0 rings (SSSR count). The Balaban J connectivity index is 4.29. The van der Waals surface area contributed by atoms with Crippen molar-refractivity contribution in [2.45, 2.75) is 0 Å². The van der Waals surface area contributed by atoms with Crippen LogP contribution in [-0.2, 0) is 9.84 Å². The van der Waals surface area contributed by atoms with Gasteiger partial charge in [-0.15, -0.1) is 0 Å². The molecule has 3 nitrogen and oxygen atoms in total. The van der Waals surface area contributed by atoms with Crippen LogP contribution in [0.25, 0.3) is 0 Å². The second-order valence-corrected chi connectivity index (χ2v) is 3.64. The normalized spacial score (nSPS) is 11.2. The third kappa shape index (κ3) is 2.09. The molecule has 0 aromatic rings. The zero-order valence-corrected chi connectivity index (χ0v) is 5.53. The van der Waals surface area contributed by atoms with Crippen LogP contribution < -0.4 is 5.73 Å². The maximum atomic E-state index is 10.4. The summed E-state index contributed by atoms with van der Waals surface area (Å²) in [6.07, 6.45) is 1.09. The van der Waals surface area contributed by atoms with Crippen molar-refractivity contribution >= 4 is 9.84 Å².